The number of ether oxygens (including phenoxy) is 2. The van der Waals surface area contributed by atoms with Crippen molar-refractivity contribution < 1.29 is 14.6 Å². The van der Waals surface area contributed by atoms with E-state index in [1.165, 1.54) is 0 Å². The molecule has 1 aliphatic heterocycles. The van der Waals surface area contributed by atoms with E-state index in [1.54, 1.807) is 7.11 Å². The molecular formula is C16H22N4O3. The molecule has 0 unspecified atom stereocenters. The van der Waals surface area contributed by atoms with Gasteiger partial charge in [-0.25, -0.2) is 4.98 Å². The molecule has 0 amide bonds. The van der Waals surface area contributed by atoms with Gasteiger partial charge in [0.2, 0.25) is 0 Å². The Labute approximate surface area is 135 Å². The van der Waals surface area contributed by atoms with Crippen molar-refractivity contribution in [2.45, 2.75) is 19.1 Å². The largest absolute Gasteiger partial charge is 0.497 e. The number of benzene rings is 1. The van der Waals surface area contributed by atoms with Crippen molar-refractivity contribution in [1.29, 1.82) is 0 Å². The van der Waals surface area contributed by atoms with Crippen molar-refractivity contribution in [1.82, 2.24) is 20.1 Å². The number of aliphatic hydroxyl groups excluding tert-OH is 1. The molecule has 0 saturated carbocycles. The second-order valence-corrected chi connectivity index (χ2v) is 5.69. The van der Waals surface area contributed by atoms with E-state index in [2.05, 4.69) is 20.1 Å². The first kappa shape index (κ1) is 15.9. The van der Waals surface area contributed by atoms with E-state index in [1.807, 2.05) is 31.2 Å². The van der Waals surface area contributed by atoms with Crippen molar-refractivity contribution in [3.63, 3.8) is 0 Å². The Bertz CT molecular complexity index is 646. The highest BCUT2D eigenvalue weighted by molar-refractivity contribution is 5.29. The van der Waals surface area contributed by atoms with Crippen LogP contribution in [0.15, 0.2) is 24.3 Å². The molecule has 1 fully saturated rings. The molecule has 1 aromatic carbocycles. The van der Waals surface area contributed by atoms with Crippen LogP contribution in [0.3, 0.4) is 0 Å². The number of aromatic amines is 1. The summed E-state index contributed by atoms with van der Waals surface area (Å²) in [7, 11) is 1.62. The van der Waals surface area contributed by atoms with Gasteiger partial charge >= 0.3 is 0 Å². The Hall–Kier alpha value is -1.96. The third-order valence-corrected chi connectivity index (χ3v) is 3.96. The van der Waals surface area contributed by atoms with Gasteiger partial charge in [-0.05, 0) is 24.6 Å². The molecule has 2 aromatic rings. The number of nitrogens with zero attached hydrogens (tertiary/aromatic N) is 3. The van der Waals surface area contributed by atoms with Gasteiger partial charge in [-0.1, -0.05) is 12.1 Å². The second kappa shape index (κ2) is 7.08. The second-order valence-electron chi connectivity index (χ2n) is 5.69. The van der Waals surface area contributed by atoms with Gasteiger partial charge in [0.25, 0.3) is 0 Å². The summed E-state index contributed by atoms with van der Waals surface area (Å²) in [6, 6.07) is 7.52. The van der Waals surface area contributed by atoms with Gasteiger partial charge in [0.05, 0.1) is 19.8 Å². The molecule has 0 spiro atoms. The summed E-state index contributed by atoms with van der Waals surface area (Å²) in [6.07, 6.45) is -0.732. The molecule has 7 nitrogen and oxygen atoms in total. The Morgan fingerprint density at radius 2 is 2.39 bits per heavy atom. The van der Waals surface area contributed by atoms with Gasteiger partial charge in [-0.2, -0.15) is 5.10 Å². The lowest BCUT2D eigenvalue weighted by atomic mass is 10.1. The van der Waals surface area contributed by atoms with Crippen LogP contribution in [-0.2, 0) is 4.74 Å². The fraction of sp³-hybridized carbons (Fsp3) is 0.500. The van der Waals surface area contributed by atoms with Crippen LogP contribution in [0.1, 0.15) is 29.4 Å². The van der Waals surface area contributed by atoms with Crippen LogP contribution >= 0.6 is 0 Å². The maximum Gasteiger partial charge on any atom is 0.180 e. The van der Waals surface area contributed by atoms with Gasteiger partial charge in [0.1, 0.15) is 17.7 Å². The molecule has 1 saturated heterocycles. The highest BCUT2D eigenvalue weighted by Gasteiger charge is 2.26. The van der Waals surface area contributed by atoms with Crippen molar-refractivity contribution in [2.75, 3.05) is 33.4 Å². The molecule has 0 bridgehead atoms. The Morgan fingerprint density at radius 3 is 3.13 bits per heavy atom. The minimum Gasteiger partial charge on any atom is -0.497 e. The first-order chi connectivity index (χ1) is 11.2. The summed E-state index contributed by atoms with van der Waals surface area (Å²) in [6.45, 7) is 4.45. The number of methoxy groups -OCH3 is 1. The van der Waals surface area contributed by atoms with E-state index < -0.39 is 6.10 Å². The lowest BCUT2D eigenvalue weighted by Gasteiger charge is -2.32. The molecule has 1 aliphatic rings. The molecule has 1 aromatic heterocycles. The minimum absolute atomic E-state index is 0.161. The Balaban J connectivity index is 1.62. The van der Waals surface area contributed by atoms with E-state index in [-0.39, 0.29) is 6.10 Å². The van der Waals surface area contributed by atoms with E-state index in [4.69, 9.17) is 9.47 Å². The number of rotatable bonds is 5. The molecule has 3 rings (SSSR count). The molecule has 124 valence electrons. The van der Waals surface area contributed by atoms with Crippen LogP contribution < -0.4 is 4.74 Å². The summed E-state index contributed by atoms with van der Waals surface area (Å²) < 4.78 is 11.0. The summed E-state index contributed by atoms with van der Waals surface area (Å²) in [5.74, 6) is 2.19. The summed E-state index contributed by atoms with van der Waals surface area (Å²) >= 11 is 0. The smallest absolute Gasteiger partial charge is 0.180 e. The van der Waals surface area contributed by atoms with Crippen LogP contribution in [0.2, 0.25) is 0 Å². The first-order valence-corrected chi connectivity index (χ1v) is 7.70. The van der Waals surface area contributed by atoms with E-state index in [9.17, 15) is 5.11 Å². The topological polar surface area (TPSA) is 83.5 Å². The van der Waals surface area contributed by atoms with Gasteiger partial charge in [-0.3, -0.25) is 10.00 Å². The fourth-order valence-corrected chi connectivity index (χ4v) is 2.73. The van der Waals surface area contributed by atoms with Crippen LogP contribution in [-0.4, -0.2) is 58.5 Å². The molecule has 2 atom stereocenters. The average molecular weight is 318 g/mol. The fourth-order valence-electron chi connectivity index (χ4n) is 2.73. The normalized spacial score (nSPS) is 20.4. The van der Waals surface area contributed by atoms with Crippen LogP contribution in [0.25, 0.3) is 0 Å². The average Bonchev–Trinajstić information content (AvgIpc) is 3.02. The lowest BCUT2D eigenvalue weighted by Crippen LogP contribution is -2.40. The minimum atomic E-state index is -0.572. The van der Waals surface area contributed by atoms with Gasteiger partial charge < -0.3 is 14.6 Å². The number of β-amino-alcohol motifs (C(OH)–C–C–N with tert-alkyl or cyclic N) is 1. The van der Waals surface area contributed by atoms with Crippen molar-refractivity contribution in [3.8, 4) is 5.75 Å². The SMILES string of the molecule is COc1cccc([C@@H](O)CN2CCO[C@H](c3n[nH]c(C)n3)C2)c1. The molecule has 2 heterocycles. The summed E-state index contributed by atoms with van der Waals surface area (Å²) in [5, 5.41) is 17.5. The Kier molecular flexibility index (Phi) is 4.90. The number of aryl methyl sites for hydroxylation is 1. The number of morpholine rings is 1. The van der Waals surface area contributed by atoms with Gasteiger partial charge in [-0.15, -0.1) is 0 Å². The maximum atomic E-state index is 10.5. The van der Waals surface area contributed by atoms with Crippen LogP contribution in [0.4, 0.5) is 0 Å². The van der Waals surface area contributed by atoms with Crippen molar-refractivity contribution in [2.24, 2.45) is 0 Å². The van der Waals surface area contributed by atoms with Crippen LogP contribution in [0, 0.1) is 6.92 Å². The monoisotopic (exact) mass is 318 g/mol. The quantitative estimate of drug-likeness (QED) is 0.863. The highest BCUT2D eigenvalue weighted by Crippen LogP contribution is 2.23. The predicted molar refractivity (Wildman–Crippen MR) is 84.2 cm³/mol. The zero-order valence-corrected chi connectivity index (χ0v) is 13.4. The Morgan fingerprint density at radius 1 is 1.52 bits per heavy atom. The van der Waals surface area contributed by atoms with Crippen molar-refractivity contribution in [3.05, 3.63) is 41.5 Å². The van der Waals surface area contributed by atoms with Gasteiger partial charge in [0, 0.05) is 19.6 Å². The molecular weight excluding hydrogens is 296 g/mol. The number of hydrogen-bond acceptors (Lipinski definition) is 6. The number of hydrogen-bond donors (Lipinski definition) is 2. The van der Waals surface area contributed by atoms with E-state index in [0.29, 0.717) is 25.5 Å². The summed E-state index contributed by atoms with van der Waals surface area (Å²) in [4.78, 5) is 6.50. The van der Waals surface area contributed by atoms with Crippen LogP contribution in [0.5, 0.6) is 5.75 Å². The zero-order valence-electron chi connectivity index (χ0n) is 13.4. The third-order valence-electron chi connectivity index (χ3n) is 3.96. The van der Waals surface area contributed by atoms with E-state index in [0.717, 1.165) is 23.7 Å². The maximum absolute atomic E-state index is 10.5. The summed E-state index contributed by atoms with van der Waals surface area (Å²) in [5.41, 5.74) is 0.848. The number of nitrogens with one attached hydrogen (secondary N) is 1. The zero-order chi connectivity index (χ0) is 16.2. The highest BCUT2D eigenvalue weighted by atomic mass is 16.5. The molecule has 0 radical (unpaired) electrons. The van der Waals surface area contributed by atoms with E-state index >= 15 is 0 Å². The standard InChI is InChI=1S/C16H22N4O3/c1-11-17-16(19-18-11)15-10-20(6-7-23-15)9-14(21)12-4-3-5-13(8-12)22-2/h3-5,8,14-15,21H,6-7,9-10H2,1-2H3,(H,17,18,19)/t14-,15-/m0/s1. The number of H-pyrrole nitrogens is 1. The predicted octanol–water partition coefficient (Wildman–Crippen LogP) is 1.23. The molecule has 0 aliphatic carbocycles. The van der Waals surface area contributed by atoms with Gasteiger partial charge in [0.15, 0.2) is 5.82 Å². The molecule has 23 heavy (non-hydrogen) atoms. The molecule has 2 N–H and O–H groups in total. The lowest BCUT2D eigenvalue weighted by molar-refractivity contribution is -0.0461. The van der Waals surface area contributed by atoms with Crippen molar-refractivity contribution >= 4 is 0 Å². The first-order valence-electron chi connectivity index (χ1n) is 7.70. The molecule has 7 heteroatoms. The number of aliphatic hydroxyl groups is 1. The number of aromatic nitrogens is 3. The third kappa shape index (κ3) is 3.87.